The number of hydrogen-bond acceptors (Lipinski definition) is 3. The predicted molar refractivity (Wildman–Crippen MR) is 83.0 cm³/mol. The zero-order valence-electron chi connectivity index (χ0n) is 12.5. The highest BCUT2D eigenvalue weighted by atomic mass is 32.2. The third-order valence-corrected chi connectivity index (χ3v) is 4.70. The van der Waals surface area contributed by atoms with E-state index in [1.807, 2.05) is 13.0 Å². The van der Waals surface area contributed by atoms with Crippen molar-refractivity contribution in [2.24, 2.45) is 0 Å². The highest BCUT2D eigenvalue weighted by Gasteiger charge is 2.16. The highest BCUT2D eigenvalue weighted by Crippen LogP contribution is 2.16. The molecule has 118 valence electrons. The lowest BCUT2D eigenvalue weighted by atomic mass is 10.2. The fraction of sp³-hybridized carbons (Fsp3) is 0.250. The molecule has 2 aromatic carbocycles. The van der Waals surface area contributed by atoms with Crippen molar-refractivity contribution in [1.29, 1.82) is 0 Å². The highest BCUT2D eigenvalue weighted by molar-refractivity contribution is 7.89. The Bertz CT molecular complexity index is 760. The van der Waals surface area contributed by atoms with Gasteiger partial charge in [0.15, 0.2) is 0 Å². The molecule has 22 heavy (non-hydrogen) atoms. The summed E-state index contributed by atoms with van der Waals surface area (Å²) in [5, 5.41) is 0. The van der Waals surface area contributed by atoms with Gasteiger partial charge in [0.2, 0.25) is 10.0 Å². The van der Waals surface area contributed by atoms with E-state index in [9.17, 15) is 12.8 Å². The van der Waals surface area contributed by atoms with Gasteiger partial charge in [-0.1, -0.05) is 18.2 Å². The molecule has 0 aromatic heterocycles. The van der Waals surface area contributed by atoms with Crippen LogP contribution in [0.25, 0.3) is 0 Å². The molecule has 0 aliphatic rings. The Kier molecular flexibility index (Phi) is 5.15. The molecule has 0 aliphatic heterocycles. The standard InChI is InChI=1S/C16H18FNO3S/c1-12-6-7-13(2)16(10-12)22(19,20)18-8-9-21-15-5-3-4-14(17)11-15/h3-7,10-11,18H,8-9H2,1-2H3. The topological polar surface area (TPSA) is 55.4 Å². The van der Waals surface area contributed by atoms with Crippen LogP contribution in [0.15, 0.2) is 47.4 Å². The molecule has 0 heterocycles. The molecule has 1 N–H and O–H groups in total. The van der Waals surface area contributed by atoms with Crippen LogP contribution in [-0.4, -0.2) is 21.6 Å². The molecule has 0 saturated heterocycles. The molecule has 0 aliphatic carbocycles. The maximum Gasteiger partial charge on any atom is 0.240 e. The van der Waals surface area contributed by atoms with Gasteiger partial charge in [-0.05, 0) is 43.2 Å². The summed E-state index contributed by atoms with van der Waals surface area (Å²) in [5.74, 6) is -0.0283. The summed E-state index contributed by atoms with van der Waals surface area (Å²) in [4.78, 5) is 0.262. The summed E-state index contributed by atoms with van der Waals surface area (Å²) >= 11 is 0. The van der Waals surface area contributed by atoms with Crippen molar-refractivity contribution >= 4 is 10.0 Å². The molecule has 0 radical (unpaired) electrons. The Balaban J connectivity index is 1.94. The largest absolute Gasteiger partial charge is 0.492 e. The zero-order chi connectivity index (χ0) is 16.2. The molecule has 2 aromatic rings. The van der Waals surface area contributed by atoms with Crippen LogP contribution in [0.5, 0.6) is 5.75 Å². The lowest BCUT2D eigenvalue weighted by molar-refractivity contribution is 0.321. The van der Waals surface area contributed by atoms with Gasteiger partial charge in [-0.25, -0.2) is 17.5 Å². The average Bonchev–Trinajstić information content (AvgIpc) is 2.46. The van der Waals surface area contributed by atoms with Gasteiger partial charge in [0.25, 0.3) is 0 Å². The molecule has 2 rings (SSSR count). The molecule has 4 nitrogen and oxygen atoms in total. The van der Waals surface area contributed by atoms with Crippen LogP contribution in [-0.2, 0) is 10.0 Å². The van der Waals surface area contributed by atoms with E-state index in [-0.39, 0.29) is 18.0 Å². The Labute approximate surface area is 130 Å². The Morgan fingerprint density at radius 1 is 1.14 bits per heavy atom. The molecule has 6 heteroatoms. The second-order valence-electron chi connectivity index (χ2n) is 4.97. The number of halogens is 1. The van der Waals surface area contributed by atoms with Gasteiger partial charge in [0.1, 0.15) is 18.2 Å². The van der Waals surface area contributed by atoms with Crippen LogP contribution in [0, 0.1) is 19.7 Å². The summed E-state index contributed by atoms with van der Waals surface area (Å²) < 4.78 is 45.3. The van der Waals surface area contributed by atoms with E-state index in [2.05, 4.69) is 4.72 Å². The fourth-order valence-corrected chi connectivity index (χ4v) is 3.32. The van der Waals surface area contributed by atoms with Gasteiger partial charge in [-0.15, -0.1) is 0 Å². The Morgan fingerprint density at radius 2 is 1.91 bits per heavy atom. The van der Waals surface area contributed by atoms with Crippen molar-refractivity contribution in [3.05, 3.63) is 59.4 Å². The maximum atomic E-state index is 13.0. The molecule has 0 saturated carbocycles. The van der Waals surface area contributed by atoms with E-state index in [0.29, 0.717) is 11.3 Å². The Hall–Kier alpha value is -1.92. The minimum Gasteiger partial charge on any atom is -0.492 e. The van der Waals surface area contributed by atoms with E-state index >= 15 is 0 Å². The van der Waals surface area contributed by atoms with Gasteiger partial charge in [-0.2, -0.15) is 0 Å². The predicted octanol–water partition coefficient (Wildman–Crippen LogP) is 2.80. The molecular weight excluding hydrogens is 305 g/mol. The molecule has 0 unspecified atom stereocenters. The number of sulfonamides is 1. The minimum atomic E-state index is -3.58. The number of ether oxygens (including phenoxy) is 1. The molecule has 0 amide bonds. The summed E-state index contributed by atoms with van der Waals surface area (Å²) in [6, 6.07) is 11.0. The molecule has 0 spiro atoms. The first-order chi connectivity index (χ1) is 10.4. The number of hydrogen-bond donors (Lipinski definition) is 1. The van der Waals surface area contributed by atoms with Gasteiger partial charge in [-0.3, -0.25) is 0 Å². The molecule has 0 atom stereocenters. The van der Waals surface area contributed by atoms with Gasteiger partial charge < -0.3 is 4.74 Å². The second-order valence-corrected chi connectivity index (χ2v) is 6.71. The number of aryl methyl sites for hydroxylation is 2. The fourth-order valence-electron chi connectivity index (χ4n) is 1.98. The van der Waals surface area contributed by atoms with Crippen LogP contribution in [0.3, 0.4) is 0 Å². The summed E-state index contributed by atoms with van der Waals surface area (Å²) in [6.07, 6.45) is 0. The minimum absolute atomic E-state index is 0.103. The molecular formula is C16H18FNO3S. The monoisotopic (exact) mass is 323 g/mol. The molecule has 0 fully saturated rings. The first kappa shape index (κ1) is 16.5. The van der Waals surface area contributed by atoms with Crippen LogP contribution in [0.4, 0.5) is 4.39 Å². The summed E-state index contributed by atoms with van der Waals surface area (Å²) in [6.45, 7) is 3.81. The second kappa shape index (κ2) is 6.89. The van der Waals surface area contributed by atoms with E-state index in [0.717, 1.165) is 5.56 Å². The smallest absolute Gasteiger partial charge is 0.240 e. The van der Waals surface area contributed by atoms with Crippen molar-refractivity contribution in [2.45, 2.75) is 18.7 Å². The number of rotatable bonds is 6. The maximum absolute atomic E-state index is 13.0. The van der Waals surface area contributed by atoms with E-state index in [4.69, 9.17) is 4.74 Å². The zero-order valence-corrected chi connectivity index (χ0v) is 13.3. The number of benzene rings is 2. The van der Waals surface area contributed by atoms with Crippen molar-refractivity contribution in [2.75, 3.05) is 13.2 Å². The summed E-state index contributed by atoms with van der Waals surface area (Å²) in [7, 11) is -3.58. The lowest BCUT2D eigenvalue weighted by Crippen LogP contribution is -2.28. The first-order valence-corrected chi connectivity index (χ1v) is 8.32. The van der Waals surface area contributed by atoms with Crippen LogP contribution in [0.2, 0.25) is 0 Å². The number of nitrogens with one attached hydrogen (secondary N) is 1. The van der Waals surface area contributed by atoms with Crippen LogP contribution < -0.4 is 9.46 Å². The third kappa shape index (κ3) is 4.29. The van der Waals surface area contributed by atoms with E-state index < -0.39 is 15.8 Å². The average molecular weight is 323 g/mol. The van der Waals surface area contributed by atoms with Gasteiger partial charge in [0.05, 0.1) is 4.90 Å². The lowest BCUT2D eigenvalue weighted by Gasteiger charge is -2.11. The van der Waals surface area contributed by atoms with Crippen LogP contribution in [0.1, 0.15) is 11.1 Å². The van der Waals surface area contributed by atoms with Crippen molar-refractivity contribution in [3.63, 3.8) is 0 Å². The molecule has 0 bridgehead atoms. The van der Waals surface area contributed by atoms with Crippen molar-refractivity contribution in [3.8, 4) is 5.75 Å². The van der Waals surface area contributed by atoms with E-state index in [1.165, 1.54) is 18.2 Å². The van der Waals surface area contributed by atoms with Crippen molar-refractivity contribution in [1.82, 2.24) is 4.72 Å². The Morgan fingerprint density at radius 3 is 2.64 bits per heavy atom. The van der Waals surface area contributed by atoms with E-state index in [1.54, 1.807) is 25.1 Å². The first-order valence-electron chi connectivity index (χ1n) is 6.84. The third-order valence-electron chi connectivity index (χ3n) is 3.09. The summed E-state index contributed by atoms with van der Waals surface area (Å²) in [5.41, 5.74) is 1.56. The quantitative estimate of drug-likeness (QED) is 0.832. The van der Waals surface area contributed by atoms with Gasteiger partial charge >= 0.3 is 0 Å². The van der Waals surface area contributed by atoms with Crippen LogP contribution >= 0.6 is 0 Å². The van der Waals surface area contributed by atoms with Gasteiger partial charge in [0, 0.05) is 12.6 Å². The normalized spacial score (nSPS) is 11.4. The van der Waals surface area contributed by atoms with Crippen molar-refractivity contribution < 1.29 is 17.5 Å². The SMILES string of the molecule is Cc1ccc(C)c(S(=O)(=O)NCCOc2cccc(F)c2)c1.